The van der Waals surface area contributed by atoms with Crippen molar-refractivity contribution in [2.24, 2.45) is 0 Å². The summed E-state index contributed by atoms with van der Waals surface area (Å²) in [7, 11) is 5.60. The van der Waals surface area contributed by atoms with E-state index in [1.165, 1.54) is 36.6 Å². The number of halogens is 2. The average Bonchev–Trinajstić information content (AvgIpc) is 3.40. The molecule has 3 aromatic heterocycles. The fourth-order valence-corrected chi connectivity index (χ4v) is 4.04. The first-order valence-electron chi connectivity index (χ1n) is 12.8. The Morgan fingerprint density at radius 2 is 2.02 bits per heavy atom. The topological polar surface area (TPSA) is 124 Å². The van der Waals surface area contributed by atoms with Crippen molar-refractivity contribution in [3.8, 4) is 23.1 Å². The molecule has 0 fully saturated rings. The molecule has 0 bridgehead atoms. The number of likely N-dealkylation sites (N-methyl/N-ethyl adjacent to an activating group) is 2. The van der Waals surface area contributed by atoms with E-state index in [1.807, 2.05) is 42.1 Å². The second kappa shape index (κ2) is 13.3. The fraction of sp³-hybridized carbons (Fsp3) is 0.207. The van der Waals surface area contributed by atoms with Gasteiger partial charge in [-0.1, -0.05) is 24.8 Å². The molecule has 13 heteroatoms. The summed E-state index contributed by atoms with van der Waals surface area (Å²) in [5, 5.41) is 19.7. The van der Waals surface area contributed by atoms with Crippen LogP contribution in [0.25, 0.3) is 16.8 Å². The molecule has 11 nitrogen and oxygen atoms in total. The van der Waals surface area contributed by atoms with Crippen molar-refractivity contribution in [3.63, 3.8) is 0 Å². The van der Waals surface area contributed by atoms with Gasteiger partial charge in [-0.15, -0.1) is 0 Å². The molecule has 0 saturated heterocycles. The van der Waals surface area contributed by atoms with Crippen LogP contribution in [0, 0.1) is 11.3 Å². The Bertz CT molecular complexity index is 1660. The van der Waals surface area contributed by atoms with E-state index in [1.54, 1.807) is 24.0 Å². The molecule has 3 heterocycles. The molecule has 2 N–H and O–H groups in total. The van der Waals surface area contributed by atoms with Crippen LogP contribution in [0.3, 0.4) is 0 Å². The number of carbonyl (C=O) groups excluding carboxylic acids is 1. The maximum Gasteiger partial charge on any atom is 0.387 e. The highest BCUT2D eigenvalue weighted by Crippen LogP contribution is 2.39. The molecule has 0 aliphatic heterocycles. The van der Waals surface area contributed by atoms with Gasteiger partial charge in [0.05, 0.1) is 46.2 Å². The van der Waals surface area contributed by atoms with Crippen molar-refractivity contribution >= 4 is 34.4 Å². The van der Waals surface area contributed by atoms with Gasteiger partial charge in [0.25, 0.3) is 0 Å². The number of rotatable bonds is 12. The molecule has 0 unspecified atom stereocenters. The predicted molar refractivity (Wildman–Crippen MR) is 157 cm³/mol. The Labute approximate surface area is 241 Å². The molecular weight excluding hydrogens is 544 g/mol. The van der Waals surface area contributed by atoms with Gasteiger partial charge in [0.2, 0.25) is 11.9 Å². The number of carbonyl (C=O) groups is 1. The molecule has 0 spiro atoms. The molecule has 0 saturated carbocycles. The normalized spacial score (nSPS) is 11.2. The second-order valence-corrected chi connectivity index (χ2v) is 9.33. The van der Waals surface area contributed by atoms with Crippen LogP contribution in [0.2, 0.25) is 0 Å². The van der Waals surface area contributed by atoms with Crippen LogP contribution in [0.15, 0.2) is 73.7 Å². The largest absolute Gasteiger partial charge is 0.433 e. The predicted octanol–water partition coefficient (Wildman–Crippen LogP) is 4.69. The van der Waals surface area contributed by atoms with Crippen LogP contribution < -0.4 is 20.3 Å². The van der Waals surface area contributed by atoms with Crippen molar-refractivity contribution < 1.29 is 18.3 Å². The van der Waals surface area contributed by atoms with E-state index in [0.29, 0.717) is 41.2 Å². The number of aromatic nitrogens is 4. The number of hydrogen-bond donors (Lipinski definition) is 2. The Hall–Kier alpha value is -5.35. The summed E-state index contributed by atoms with van der Waals surface area (Å²) in [6.07, 6.45) is 8.90. The van der Waals surface area contributed by atoms with Gasteiger partial charge < -0.3 is 25.2 Å². The first-order valence-corrected chi connectivity index (χ1v) is 12.8. The summed E-state index contributed by atoms with van der Waals surface area (Å²) < 4.78 is 33.6. The number of nitriles is 1. The lowest BCUT2D eigenvalue weighted by atomic mass is 10.1. The van der Waals surface area contributed by atoms with Gasteiger partial charge in [-0.2, -0.15) is 19.1 Å². The highest BCUT2D eigenvalue weighted by molar-refractivity contribution is 6.02. The summed E-state index contributed by atoms with van der Waals surface area (Å²) in [5.41, 5.74) is 2.64. The number of allylic oxidation sites excluding steroid dienone is 2. The van der Waals surface area contributed by atoms with Gasteiger partial charge in [-0.3, -0.25) is 4.79 Å². The van der Waals surface area contributed by atoms with E-state index in [2.05, 4.69) is 38.3 Å². The van der Waals surface area contributed by atoms with E-state index >= 15 is 0 Å². The first kappa shape index (κ1) is 29.6. The number of alkyl halides is 2. The number of fused-ring (bicyclic) bond motifs is 1. The molecule has 0 aliphatic carbocycles. The molecule has 1 aromatic carbocycles. The minimum atomic E-state index is -3.13. The van der Waals surface area contributed by atoms with E-state index in [0.717, 1.165) is 0 Å². The van der Waals surface area contributed by atoms with E-state index < -0.39 is 12.5 Å². The number of amides is 1. The standard InChI is InChI=1S/C29H29F2N9O2/c1-5-6-10-26(41)35-21-14-22(25(42-28(30)31)15-24(21)39(4)13-12-38(2)3)36-29-33-17-19(16-32)27(37-29)20-18-34-40-11-8-7-9-23(20)40/h5-11,14-15,17-18,28H,1,12-13H2,2-4H3,(H,35,41)(H,33,36,37)/b10-6+. The molecule has 42 heavy (non-hydrogen) atoms. The Morgan fingerprint density at radius 1 is 1.21 bits per heavy atom. The number of benzene rings is 1. The monoisotopic (exact) mass is 573 g/mol. The zero-order valence-electron chi connectivity index (χ0n) is 23.3. The summed E-state index contributed by atoms with van der Waals surface area (Å²) >= 11 is 0. The Balaban J connectivity index is 1.79. The second-order valence-electron chi connectivity index (χ2n) is 9.33. The number of anilines is 4. The van der Waals surface area contributed by atoms with Crippen molar-refractivity contribution in [3.05, 3.63) is 79.3 Å². The van der Waals surface area contributed by atoms with Crippen LogP contribution in [0.1, 0.15) is 5.56 Å². The number of pyridine rings is 1. The summed E-state index contributed by atoms with van der Waals surface area (Å²) in [6.45, 7) is 1.63. The molecule has 4 rings (SSSR count). The average molecular weight is 574 g/mol. The van der Waals surface area contributed by atoms with Crippen LogP contribution in [-0.4, -0.2) is 71.2 Å². The smallest absolute Gasteiger partial charge is 0.387 e. The third-order valence-corrected chi connectivity index (χ3v) is 6.09. The van der Waals surface area contributed by atoms with Crippen LogP contribution in [0.5, 0.6) is 5.75 Å². The van der Waals surface area contributed by atoms with Crippen molar-refractivity contribution in [1.82, 2.24) is 24.5 Å². The van der Waals surface area contributed by atoms with Crippen molar-refractivity contribution in [1.29, 1.82) is 5.26 Å². The number of nitrogens with zero attached hydrogens (tertiary/aromatic N) is 7. The van der Waals surface area contributed by atoms with Crippen molar-refractivity contribution in [2.45, 2.75) is 6.61 Å². The molecule has 4 aromatic rings. The van der Waals surface area contributed by atoms with Gasteiger partial charge in [-0.25, -0.2) is 14.5 Å². The van der Waals surface area contributed by atoms with Gasteiger partial charge in [0.1, 0.15) is 6.07 Å². The molecule has 0 radical (unpaired) electrons. The molecule has 0 atom stereocenters. The number of hydrogen-bond acceptors (Lipinski definition) is 9. The highest BCUT2D eigenvalue weighted by atomic mass is 19.3. The lowest BCUT2D eigenvalue weighted by molar-refractivity contribution is -0.111. The van der Waals surface area contributed by atoms with E-state index in [9.17, 15) is 18.8 Å². The molecule has 1 amide bonds. The van der Waals surface area contributed by atoms with Gasteiger partial charge in [0.15, 0.2) is 5.75 Å². The molecule has 0 aliphatic rings. The maximum absolute atomic E-state index is 13.5. The first-order chi connectivity index (χ1) is 20.2. The van der Waals surface area contributed by atoms with Gasteiger partial charge in [-0.05, 0) is 32.3 Å². The summed E-state index contributed by atoms with van der Waals surface area (Å²) in [4.78, 5) is 25.1. The number of nitrogens with one attached hydrogen (secondary N) is 2. The van der Waals surface area contributed by atoms with Gasteiger partial charge >= 0.3 is 6.61 Å². The SMILES string of the molecule is C=C/C=C/C(=O)Nc1cc(Nc2ncc(C#N)c(-c3cnn4ccccc34)n2)c(OC(F)F)cc1N(C)CCN(C)C. The molecular formula is C29H29F2N9O2. The maximum atomic E-state index is 13.5. The minimum Gasteiger partial charge on any atom is -0.433 e. The Kier molecular flexibility index (Phi) is 9.41. The van der Waals surface area contributed by atoms with Crippen LogP contribution in [0.4, 0.5) is 31.8 Å². The minimum absolute atomic E-state index is 0.0101. The molecule has 216 valence electrons. The zero-order valence-corrected chi connectivity index (χ0v) is 23.3. The lowest BCUT2D eigenvalue weighted by Gasteiger charge is -2.26. The third kappa shape index (κ3) is 7.04. The van der Waals surface area contributed by atoms with E-state index in [-0.39, 0.29) is 22.9 Å². The van der Waals surface area contributed by atoms with Crippen molar-refractivity contribution in [2.75, 3.05) is 49.8 Å². The zero-order chi connectivity index (χ0) is 30.2. The van der Waals surface area contributed by atoms with E-state index in [4.69, 9.17) is 4.74 Å². The third-order valence-electron chi connectivity index (χ3n) is 6.09. The van der Waals surface area contributed by atoms with Crippen LogP contribution >= 0.6 is 0 Å². The summed E-state index contributed by atoms with van der Waals surface area (Å²) in [5.74, 6) is -0.631. The van der Waals surface area contributed by atoms with Crippen LogP contribution in [-0.2, 0) is 4.79 Å². The summed E-state index contributed by atoms with van der Waals surface area (Å²) in [6, 6.07) is 10.4. The quantitative estimate of drug-likeness (QED) is 0.184. The highest BCUT2D eigenvalue weighted by Gasteiger charge is 2.20. The number of ether oxygens (including phenoxy) is 1. The fourth-order valence-electron chi connectivity index (χ4n) is 4.04. The lowest BCUT2D eigenvalue weighted by Crippen LogP contribution is -2.29. The van der Waals surface area contributed by atoms with Gasteiger partial charge in [0, 0.05) is 44.0 Å². The Morgan fingerprint density at radius 3 is 2.74 bits per heavy atom.